The quantitative estimate of drug-likeness (QED) is 0.764. The Bertz CT molecular complexity index is 278. The zero-order chi connectivity index (χ0) is 9.90. The van der Waals surface area contributed by atoms with Crippen LogP contribution in [0.5, 0.6) is 5.88 Å². The molecule has 13 heavy (non-hydrogen) atoms. The fourth-order valence-corrected chi connectivity index (χ4v) is 1.20. The molecule has 0 fully saturated rings. The largest absolute Gasteiger partial charge is 0.481 e. The second kappa shape index (κ2) is 3.75. The molecule has 0 atom stereocenters. The topological polar surface area (TPSA) is 48.1 Å². The summed E-state index contributed by atoms with van der Waals surface area (Å²) in [7, 11) is 1.61. The number of pyridine rings is 1. The van der Waals surface area contributed by atoms with Crippen LogP contribution in [0.1, 0.15) is 19.4 Å². The van der Waals surface area contributed by atoms with Crippen LogP contribution in [0.3, 0.4) is 0 Å². The standard InChI is InChI=1S/C10H16N2O/c1-10(2,11)7-8-4-5-12-9(6-8)13-3/h4-6H,7,11H2,1-3H3. The van der Waals surface area contributed by atoms with E-state index < -0.39 is 0 Å². The first-order valence-electron chi connectivity index (χ1n) is 4.29. The van der Waals surface area contributed by atoms with Gasteiger partial charge in [-0.15, -0.1) is 0 Å². The number of rotatable bonds is 3. The summed E-state index contributed by atoms with van der Waals surface area (Å²) in [6.07, 6.45) is 2.56. The number of methoxy groups -OCH3 is 1. The zero-order valence-corrected chi connectivity index (χ0v) is 8.37. The van der Waals surface area contributed by atoms with Crippen molar-refractivity contribution in [3.05, 3.63) is 23.9 Å². The van der Waals surface area contributed by atoms with Crippen LogP contribution >= 0.6 is 0 Å². The maximum Gasteiger partial charge on any atom is 0.213 e. The van der Waals surface area contributed by atoms with Gasteiger partial charge in [0.2, 0.25) is 5.88 Å². The smallest absolute Gasteiger partial charge is 0.213 e. The first kappa shape index (κ1) is 9.99. The number of nitrogens with zero attached hydrogens (tertiary/aromatic N) is 1. The minimum atomic E-state index is -0.188. The van der Waals surface area contributed by atoms with Gasteiger partial charge in [-0.2, -0.15) is 0 Å². The summed E-state index contributed by atoms with van der Waals surface area (Å²) in [5, 5.41) is 0. The van der Waals surface area contributed by atoms with Gasteiger partial charge in [-0.3, -0.25) is 0 Å². The summed E-state index contributed by atoms with van der Waals surface area (Å²) < 4.78 is 5.02. The first-order chi connectivity index (χ1) is 6.01. The monoisotopic (exact) mass is 180 g/mol. The molecule has 72 valence electrons. The molecular weight excluding hydrogens is 164 g/mol. The SMILES string of the molecule is COc1cc(CC(C)(C)N)ccn1. The van der Waals surface area contributed by atoms with Crippen LogP contribution in [-0.2, 0) is 6.42 Å². The van der Waals surface area contributed by atoms with Crippen molar-refractivity contribution in [2.75, 3.05) is 7.11 Å². The van der Waals surface area contributed by atoms with E-state index in [2.05, 4.69) is 4.98 Å². The fourth-order valence-electron chi connectivity index (χ4n) is 1.20. The molecule has 3 nitrogen and oxygen atoms in total. The lowest BCUT2D eigenvalue weighted by atomic mass is 9.97. The van der Waals surface area contributed by atoms with Gasteiger partial charge >= 0.3 is 0 Å². The van der Waals surface area contributed by atoms with E-state index in [1.54, 1.807) is 13.3 Å². The molecule has 0 aliphatic rings. The predicted molar refractivity (Wildman–Crippen MR) is 52.8 cm³/mol. The normalized spacial score (nSPS) is 11.4. The van der Waals surface area contributed by atoms with Crippen LogP contribution in [0.4, 0.5) is 0 Å². The summed E-state index contributed by atoms with van der Waals surface area (Å²) in [4.78, 5) is 4.02. The molecule has 0 spiro atoms. The molecule has 1 aromatic rings. The van der Waals surface area contributed by atoms with Gasteiger partial charge in [-0.05, 0) is 31.9 Å². The highest BCUT2D eigenvalue weighted by molar-refractivity contribution is 5.21. The van der Waals surface area contributed by atoms with Gasteiger partial charge in [0.05, 0.1) is 7.11 Å². The van der Waals surface area contributed by atoms with Crippen LogP contribution in [0, 0.1) is 0 Å². The number of hydrogen-bond acceptors (Lipinski definition) is 3. The number of nitrogens with two attached hydrogens (primary N) is 1. The van der Waals surface area contributed by atoms with E-state index in [4.69, 9.17) is 10.5 Å². The zero-order valence-electron chi connectivity index (χ0n) is 8.37. The Balaban J connectivity index is 2.78. The van der Waals surface area contributed by atoms with Crippen molar-refractivity contribution in [1.82, 2.24) is 4.98 Å². The van der Waals surface area contributed by atoms with E-state index in [9.17, 15) is 0 Å². The van der Waals surface area contributed by atoms with Gasteiger partial charge in [0, 0.05) is 17.8 Å². The molecule has 0 radical (unpaired) electrons. The van der Waals surface area contributed by atoms with Crippen molar-refractivity contribution < 1.29 is 4.74 Å². The van der Waals surface area contributed by atoms with Crippen molar-refractivity contribution in [2.24, 2.45) is 5.73 Å². The van der Waals surface area contributed by atoms with Crippen LogP contribution in [0.2, 0.25) is 0 Å². The van der Waals surface area contributed by atoms with Crippen molar-refractivity contribution in [3.8, 4) is 5.88 Å². The van der Waals surface area contributed by atoms with Gasteiger partial charge in [0.15, 0.2) is 0 Å². The Morgan fingerprint density at radius 3 is 2.77 bits per heavy atom. The summed E-state index contributed by atoms with van der Waals surface area (Å²) in [5.74, 6) is 0.641. The molecular formula is C10H16N2O. The van der Waals surface area contributed by atoms with E-state index in [0.717, 1.165) is 12.0 Å². The summed E-state index contributed by atoms with van der Waals surface area (Å²) in [6, 6.07) is 3.87. The van der Waals surface area contributed by atoms with Gasteiger partial charge < -0.3 is 10.5 Å². The molecule has 1 aromatic heterocycles. The molecule has 0 amide bonds. The van der Waals surface area contributed by atoms with Crippen LogP contribution in [0.25, 0.3) is 0 Å². The van der Waals surface area contributed by atoms with Gasteiger partial charge in [0.25, 0.3) is 0 Å². The highest BCUT2D eigenvalue weighted by Gasteiger charge is 2.11. The molecule has 2 N–H and O–H groups in total. The number of ether oxygens (including phenoxy) is 1. The Morgan fingerprint density at radius 1 is 1.54 bits per heavy atom. The maximum absolute atomic E-state index is 5.90. The summed E-state index contributed by atoms with van der Waals surface area (Å²) in [6.45, 7) is 4.00. The number of hydrogen-bond donors (Lipinski definition) is 1. The van der Waals surface area contributed by atoms with E-state index in [1.807, 2.05) is 26.0 Å². The van der Waals surface area contributed by atoms with E-state index in [0.29, 0.717) is 5.88 Å². The summed E-state index contributed by atoms with van der Waals surface area (Å²) in [5.41, 5.74) is 6.86. The number of aromatic nitrogens is 1. The second-order valence-corrected chi connectivity index (χ2v) is 3.87. The van der Waals surface area contributed by atoms with Crippen molar-refractivity contribution >= 4 is 0 Å². The average Bonchev–Trinajstić information content (AvgIpc) is 2.01. The Kier molecular flexibility index (Phi) is 2.88. The van der Waals surface area contributed by atoms with Crippen molar-refractivity contribution in [1.29, 1.82) is 0 Å². The van der Waals surface area contributed by atoms with Crippen molar-refractivity contribution in [3.63, 3.8) is 0 Å². The van der Waals surface area contributed by atoms with Gasteiger partial charge in [-0.1, -0.05) is 0 Å². The fraction of sp³-hybridized carbons (Fsp3) is 0.500. The van der Waals surface area contributed by atoms with Crippen LogP contribution in [0.15, 0.2) is 18.3 Å². The molecule has 0 aliphatic heterocycles. The second-order valence-electron chi connectivity index (χ2n) is 3.87. The third-order valence-electron chi connectivity index (χ3n) is 1.67. The van der Waals surface area contributed by atoms with Crippen LogP contribution in [-0.4, -0.2) is 17.6 Å². The molecule has 3 heteroatoms. The van der Waals surface area contributed by atoms with Gasteiger partial charge in [0.1, 0.15) is 0 Å². The van der Waals surface area contributed by atoms with Crippen LogP contribution < -0.4 is 10.5 Å². The lowest BCUT2D eigenvalue weighted by Gasteiger charge is -2.18. The maximum atomic E-state index is 5.90. The van der Waals surface area contributed by atoms with E-state index in [1.165, 1.54) is 0 Å². The molecule has 1 rings (SSSR count). The Hall–Kier alpha value is -1.09. The minimum Gasteiger partial charge on any atom is -0.481 e. The lowest BCUT2D eigenvalue weighted by molar-refractivity contribution is 0.396. The molecule has 0 saturated heterocycles. The molecule has 0 aromatic carbocycles. The Labute approximate surface area is 78.9 Å². The van der Waals surface area contributed by atoms with E-state index in [-0.39, 0.29) is 5.54 Å². The van der Waals surface area contributed by atoms with Gasteiger partial charge in [-0.25, -0.2) is 4.98 Å². The van der Waals surface area contributed by atoms with Crippen molar-refractivity contribution in [2.45, 2.75) is 25.8 Å². The average molecular weight is 180 g/mol. The third kappa shape index (κ3) is 3.42. The molecule has 0 unspecified atom stereocenters. The van der Waals surface area contributed by atoms with E-state index >= 15 is 0 Å². The molecule has 0 aliphatic carbocycles. The molecule has 0 saturated carbocycles. The minimum absolute atomic E-state index is 0.188. The highest BCUT2D eigenvalue weighted by Crippen LogP contribution is 2.13. The molecule has 1 heterocycles. The third-order valence-corrected chi connectivity index (χ3v) is 1.67. The lowest BCUT2D eigenvalue weighted by Crippen LogP contribution is -2.34. The summed E-state index contributed by atoms with van der Waals surface area (Å²) >= 11 is 0. The first-order valence-corrected chi connectivity index (χ1v) is 4.29. The molecule has 0 bridgehead atoms. The Morgan fingerprint density at radius 2 is 2.23 bits per heavy atom. The highest BCUT2D eigenvalue weighted by atomic mass is 16.5. The predicted octanol–water partition coefficient (Wildman–Crippen LogP) is 1.37.